The fraction of sp³-hybridized carbons (Fsp3) is 0.429. The van der Waals surface area contributed by atoms with Crippen molar-refractivity contribution < 1.29 is 14.7 Å². The van der Waals surface area contributed by atoms with Gasteiger partial charge in [0, 0.05) is 15.5 Å². The molecule has 0 atom stereocenters. The fourth-order valence-electron chi connectivity index (χ4n) is 1.69. The molecular formula is C14H18INO3. The van der Waals surface area contributed by atoms with Crippen LogP contribution in [0.5, 0.6) is 0 Å². The van der Waals surface area contributed by atoms with Crippen molar-refractivity contribution in [2.45, 2.75) is 38.6 Å². The van der Waals surface area contributed by atoms with Crippen molar-refractivity contribution in [2.24, 2.45) is 0 Å². The molecule has 1 aromatic carbocycles. The molecule has 0 saturated carbocycles. The SMILES string of the molecule is CC(C)(CCC(=O)O)NC(=O)Cc1ccc(I)cc1. The molecule has 0 bridgehead atoms. The van der Waals surface area contributed by atoms with Crippen molar-refractivity contribution in [3.05, 3.63) is 33.4 Å². The van der Waals surface area contributed by atoms with Crippen molar-refractivity contribution >= 4 is 34.5 Å². The topological polar surface area (TPSA) is 66.4 Å². The number of rotatable bonds is 6. The van der Waals surface area contributed by atoms with Crippen molar-refractivity contribution in [2.75, 3.05) is 0 Å². The molecule has 1 aromatic rings. The van der Waals surface area contributed by atoms with E-state index in [2.05, 4.69) is 27.9 Å². The number of halogens is 1. The van der Waals surface area contributed by atoms with Crippen LogP contribution in [0.4, 0.5) is 0 Å². The maximum Gasteiger partial charge on any atom is 0.303 e. The maximum absolute atomic E-state index is 11.9. The van der Waals surface area contributed by atoms with E-state index >= 15 is 0 Å². The molecule has 19 heavy (non-hydrogen) atoms. The molecule has 0 saturated heterocycles. The molecule has 0 fully saturated rings. The zero-order valence-electron chi connectivity index (χ0n) is 11.1. The number of carboxylic acids is 1. The molecule has 0 aliphatic heterocycles. The van der Waals surface area contributed by atoms with Crippen molar-refractivity contribution in [1.29, 1.82) is 0 Å². The Balaban J connectivity index is 2.50. The molecule has 1 amide bonds. The number of carboxylic acid groups (broad SMARTS) is 1. The number of carbonyl (C=O) groups is 2. The molecule has 0 heterocycles. The van der Waals surface area contributed by atoms with Gasteiger partial charge in [0.05, 0.1) is 6.42 Å². The minimum absolute atomic E-state index is 0.0524. The normalized spacial score (nSPS) is 11.1. The van der Waals surface area contributed by atoms with E-state index in [4.69, 9.17) is 5.11 Å². The summed E-state index contributed by atoms with van der Waals surface area (Å²) < 4.78 is 1.13. The van der Waals surface area contributed by atoms with Gasteiger partial charge >= 0.3 is 5.97 Å². The summed E-state index contributed by atoms with van der Waals surface area (Å²) >= 11 is 2.21. The lowest BCUT2D eigenvalue weighted by molar-refractivity contribution is -0.137. The van der Waals surface area contributed by atoms with Gasteiger partial charge in [-0.3, -0.25) is 9.59 Å². The first-order chi connectivity index (χ1) is 8.78. The van der Waals surface area contributed by atoms with Gasteiger partial charge in [-0.1, -0.05) is 12.1 Å². The summed E-state index contributed by atoms with van der Waals surface area (Å²) in [6.07, 6.45) is 0.783. The number of hydrogen-bond donors (Lipinski definition) is 2. The molecule has 0 aliphatic rings. The van der Waals surface area contributed by atoms with Gasteiger partial charge in [-0.15, -0.1) is 0 Å². The van der Waals surface area contributed by atoms with Crippen LogP contribution >= 0.6 is 22.6 Å². The quantitative estimate of drug-likeness (QED) is 0.752. The maximum atomic E-state index is 11.9. The predicted octanol–water partition coefficient (Wildman–Crippen LogP) is 2.59. The van der Waals surface area contributed by atoms with E-state index in [1.807, 2.05) is 38.1 Å². The average molecular weight is 375 g/mol. The molecule has 5 heteroatoms. The Morgan fingerprint density at radius 3 is 2.37 bits per heavy atom. The van der Waals surface area contributed by atoms with Crippen LogP contribution in [0.3, 0.4) is 0 Å². The second-order valence-electron chi connectivity index (χ2n) is 5.13. The van der Waals surface area contributed by atoms with Crippen molar-refractivity contribution in [3.63, 3.8) is 0 Å². The number of carbonyl (C=O) groups excluding carboxylic acids is 1. The summed E-state index contributed by atoms with van der Waals surface area (Å²) in [5.74, 6) is -0.934. The molecule has 0 aliphatic carbocycles. The third-order valence-corrected chi connectivity index (χ3v) is 3.44. The van der Waals surface area contributed by atoms with E-state index in [-0.39, 0.29) is 12.3 Å². The van der Waals surface area contributed by atoms with Crippen LogP contribution in [-0.4, -0.2) is 22.5 Å². The van der Waals surface area contributed by atoms with Gasteiger partial charge in [-0.05, 0) is 60.6 Å². The van der Waals surface area contributed by atoms with Crippen molar-refractivity contribution in [3.8, 4) is 0 Å². The Hall–Kier alpha value is -1.11. The summed E-state index contributed by atoms with van der Waals surface area (Å²) in [5, 5.41) is 11.5. The molecule has 0 unspecified atom stereocenters. The third kappa shape index (κ3) is 6.56. The largest absolute Gasteiger partial charge is 0.481 e. The number of hydrogen-bond acceptors (Lipinski definition) is 2. The summed E-state index contributed by atoms with van der Waals surface area (Å²) in [6.45, 7) is 3.67. The first kappa shape index (κ1) is 15.9. The Kier molecular flexibility index (Phi) is 5.78. The molecule has 4 nitrogen and oxygen atoms in total. The van der Waals surface area contributed by atoms with E-state index in [9.17, 15) is 9.59 Å². The third-order valence-electron chi connectivity index (χ3n) is 2.72. The van der Waals surface area contributed by atoms with Gasteiger partial charge < -0.3 is 10.4 Å². The van der Waals surface area contributed by atoms with Gasteiger partial charge in [0.1, 0.15) is 0 Å². The van der Waals surface area contributed by atoms with E-state index < -0.39 is 11.5 Å². The van der Waals surface area contributed by atoms with Gasteiger partial charge in [-0.25, -0.2) is 0 Å². The van der Waals surface area contributed by atoms with Crippen molar-refractivity contribution in [1.82, 2.24) is 5.32 Å². The predicted molar refractivity (Wildman–Crippen MR) is 82.0 cm³/mol. The fourth-order valence-corrected chi connectivity index (χ4v) is 2.05. The van der Waals surface area contributed by atoms with Gasteiger partial charge in [-0.2, -0.15) is 0 Å². The van der Waals surface area contributed by atoms with Crippen LogP contribution < -0.4 is 5.32 Å². The molecule has 1 rings (SSSR count). The monoisotopic (exact) mass is 375 g/mol. The zero-order chi connectivity index (χ0) is 14.5. The number of aliphatic carboxylic acids is 1. The van der Waals surface area contributed by atoms with Gasteiger partial charge in [0.25, 0.3) is 0 Å². The summed E-state index contributed by atoms with van der Waals surface area (Å²) in [4.78, 5) is 22.4. The highest BCUT2D eigenvalue weighted by molar-refractivity contribution is 14.1. The lowest BCUT2D eigenvalue weighted by Crippen LogP contribution is -2.44. The number of amides is 1. The smallest absolute Gasteiger partial charge is 0.303 e. The van der Waals surface area contributed by atoms with Crippen LogP contribution in [-0.2, 0) is 16.0 Å². The second-order valence-corrected chi connectivity index (χ2v) is 6.37. The molecule has 0 radical (unpaired) electrons. The first-order valence-corrected chi connectivity index (χ1v) is 7.14. The van der Waals surface area contributed by atoms with E-state index in [0.717, 1.165) is 9.13 Å². The standard InChI is InChI=1S/C14H18INO3/c1-14(2,8-7-13(18)19)16-12(17)9-10-3-5-11(15)6-4-10/h3-6H,7-9H2,1-2H3,(H,16,17)(H,18,19). The number of benzene rings is 1. The number of nitrogens with one attached hydrogen (secondary N) is 1. The highest BCUT2D eigenvalue weighted by atomic mass is 127. The van der Waals surface area contributed by atoms with E-state index in [1.165, 1.54) is 0 Å². The summed E-state index contributed by atoms with van der Waals surface area (Å²) in [6, 6.07) is 7.76. The Labute approximate surface area is 126 Å². The Morgan fingerprint density at radius 1 is 1.26 bits per heavy atom. The van der Waals surface area contributed by atoms with E-state index in [1.54, 1.807) is 0 Å². The Bertz CT molecular complexity index is 454. The minimum Gasteiger partial charge on any atom is -0.481 e. The van der Waals surface area contributed by atoms with Crippen LogP contribution in [0.25, 0.3) is 0 Å². The molecule has 0 aromatic heterocycles. The van der Waals surface area contributed by atoms with Gasteiger partial charge in [0.2, 0.25) is 5.91 Å². The summed E-state index contributed by atoms with van der Waals surface area (Å²) in [5.41, 5.74) is 0.450. The minimum atomic E-state index is -0.847. The molecular weight excluding hydrogens is 357 g/mol. The molecule has 0 spiro atoms. The molecule has 2 N–H and O–H groups in total. The van der Waals surface area contributed by atoms with Crippen LogP contribution in [0.2, 0.25) is 0 Å². The first-order valence-electron chi connectivity index (χ1n) is 6.06. The lowest BCUT2D eigenvalue weighted by Gasteiger charge is -2.25. The highest BCUT2D eigenvalue weighted by Gasteiger charge is 2.21. The Morgan fingerprint density at radius 2 is 1.84 bits per heavy atom. The summed E-state index contributed by atoms with van der Waals surface area (Å²) in [7, 11) is 0. The van der Waals surface area contributed by atoms with Gasteiger partial charge in [0.15, 0.2) is 0 Å². The van der Waals surface area contributed by atoms with Crippen LogP contribution in [0.1, 0.15) is 32.3 Å². The zero-order valence-corrected chi connectivity index (χ0v) is 13.2. The average Bonchev–Trinajstić information content (AvgIpc) is 2.29. The van der Waals surface area contributed by atoms with Crippen LogP contribution in [0, 0.1) is 3.57 Å². The lowest BCUT2D eigenvalue weighted by atomic mass is 9.98. The van der Waals surface area contributed by atoms with Crippen LogP contribution in [0.15, 0.2) is 24.3 Å². The highest BCUT2D eigenvalue weighted by Crippen LogP contribution is 2.12. The van der Waals surface area contributed by atoms with E-state index in [0.29, 0.717) is 12.8 Å². The second kappa shape index (κ2) is 6.88. The molecule has 104 valence electrons.